The van der Waals surface area contributed by atoms with Gasteiger partial charge in [0.2, 0.25) is 23.8 Å². The third-order valence-corrected chi connectivity index (χ3v) is 12.5. The van der Waals surface area contributed by atoms with Gasteiger partial charge in [-0.2, -0.15) is 0 Å². The van der Waals surface area contributed by atoms with Gasteiger partial charge < -0.3 is 77.6 Å². The van der Waals surface area contributed by atoms with Crippen LogP contribution in [0.2, 0.25) is 0 Å². The second-order valence-electron chi connectivity index (χ2n) is 18.3. The van der Waals surface area contributed by atoms with E-state index in [9.17, 15) is 78.3 Å². The number of aliphatic carboxylic acids is 4. The van der Waals surface area contributed by atoms with E-state index in [4.69, 9.17) is 21.7 Å². The second-order valence-corrected chi connectivity index (χ2v) is 18.7. The highest BCUT2D eigenvalue weighted by atomic mass is 32.1. The summed E-state index contributed by atoms with van der Waals surface area (Å²) in [6, 6.07) is 20.0. The number of thiocarbonyl (C=S) groups is 1. The second kappa shape index (κ2) is 28.4. The van der Waals surface area contributed by atoms with Crippen LogP contribution in [0.3, 0.4) is 0 Å². The molecule has 1 aliphatic carbocycles. The smallest absolute Gasteiger partial charge is 0.336 e. The largest absolute Gasteiger partial charge is 0.508 e. The van der Waals surface area contributed by atoms with Gasteiger partial charge in [0.15, 0.2) is 10.5 Å². The molecule has 4 aromatic rings. The number of nitrogens with one attached hydrogen (secondary N) is 8. The number of urea groups is 1. The number of carbonyl (C=O) groups is 10. The average molecular weight is 1150 g/mol. The maximum absolute atomic E-state index is 14.4. The van der Waals surface area contributed by atoms with Crippen molar-refractivity contribution in [1.82, 2.24) is 37.2 Å². The zero-order valence-corrected chi connectivity index (χ0v) is 43.8. The number of hydrogen-bond acceptors (Lipinski definition) is 14. The van der Waals surface area contributed by atoms with Crippen LogP contribution in [0.5, 0.6) is 5.75 Å². The topological polar surface area (TPSA) is 419 Å². The summed E-state index contributed by atoms with van der Waals surface area (Å²) in [5.74, 6) is -11.5. The SMILES string of the molecule is O=C(O)CC[C@H](NC(=O)N[C@@H](CCC(=O)NCCNC(=O)[C@@H](NC(=O)C(Cc1ccccc1)NC(=O)C(Cc1ccccc1)NC(=S)Nc1ccc(-c2c3ccc(=O)cc-3oc3cc(O)ccc23)c(C(=O)O)c1)C(=O)O)C(=O)O)C(=O)O. The number of anilines is 1. The van der Waals surface area contributed by atoms with Crippen LogP contribution < -0.4 is 48.0 Å². The molecule has 0 saturated carbocycles. The first-order chi connectivity index (χ1) is 39.1. The van der Waals surface area contributed by atoms with Gasteiger partial charge in [-0.15, -0.1) is 0 Å². The molecule has 1 aliphatic heterocycles. The first-order valence-corrected chi connectivity index (χ1v) is 25.3. The zero-order chi connectivity index (χ0) is 59.6. The number of amides is 6. The molecule has 2 aliphatic rings. The average Bonchev–Trinajstić information content (AvgIpc) is 3.62. The molecule has 0 spiro atoms. The van der Waals surface area contributed by atoms with E-state index in [1.807, 2.05) is 10.6 Å². The normalized spacial score (nSPS) is 12.7. The summed E-state index contributed by atoms with van der Waals surface area (Å²) in [7, 11) is 0. The third kappa shape index (κ3) is 17.3. The van der Waals surface area contributed by atoms with Crippen molar-refractivity contribution in [2.75, 3.05) is 18.4 Å². The summed E-state index contributed by atoms with van der Waals surface area (Å²) in [4.78, 5) is 138. The predicted octanol–water partition coefficient (Wildman–Crippen LogP) is 2.25. The molecule has 0 saturated heterocycles. The van der Waals surface area contributed by atoms with Gasteiger partial charge in [-0.25, -0.2) is 24.0 Å². The summed E-state index contributed by atoms with van der Waals surface area (Å²) in [5.41, 5.74) is 1.96. The molecule has 0 fully saturated rings. The Hall–Kier alpha value is -10.4. The van der Waals surface area contributed by atoms with E-state index >= 15 is 0 Å². The van der Waals surface area contributed by atoms with Crippen LogP contribution >= 0.6 is 12.2 Å². The molecule has 14 N–H and O–H groups in total. The van der Waals surface area contributed by atoms with Crippen molar-refractivity contribution in [3.8, 4) is 28.2 Å². The van der Waals surface area contributed by atoms with Crippen molar-refractivity contribution in [3.63, 3.8) is 0 Å². The minimum atomic E-state index is -2.23. The molecule has 428 valence electrons. The standard InChI is InChI=1S/C55H54N8O18S/c64-31-12-15-34-41(26-31)81-42-27-32(65)13-16-35(42)45(34)33-14-11-30(25-36(33)50(72)73)58-55(82)62-40(24-29-9-5-2-6-10-29)47(69)59-39(23-28-7-3-1-4-8-28)48(70)63-46(53(78)79)49(71)57-22-21-56-43(66)19-17-37(51(74)75)60-54(80)61-38(52(76)77)18-20-44(67)68/h1-16,25-27,37-40,46,64H,17-24H2,(H,56,66)(H,57,71)(H,59,69)(H,63,70)(H,67,68)(H,72,73)(H,74,75)(H,76,77)(H,78,79)(H2,58,62,82)(H2,60,61,80)/t37-,38-,39?,40?,46+/m0/s1. The number of fused-ring (bicyclic) bond motifs is 2. The van der Waals surface area contributed by atoms with Crippen LogP contribution in [0, 0.1) is 0 Å². The molecule has 0 aromatic heterocycles. The molecule has 26 nitrogen and oxygen atoms in total. The summed E-state index contributed by atoms with van der Waals surface area (Å²) in [5, 5.41) is 78.0. The molecule has 4 aromatic carbocycles. The Morgan fingerprint density at radius 3 is 1.71 bits per heavy atom. The maximum atomic E-state index is 14.4. The van der Waals surface area contributed by atoms with E-state index in [0.29, 0.717) is 27.6 Å². The van der Waals surface area contributed by atoms with Crippen LogP contribution in [0.15, 0.2) is 124 Å². The first kappa shape index (κ1) is 60.8. The van der Waals surface area contributed by atoms with Gasteiger partial charge in [-0.05, 0) is 78.1 Å². The third-order valence-electron chi connectivity index (χ3n) is 12.3. The van der Waals surface area contributed by atoms with Gasteiger partial charge in [-0.3, -0.25) is 28.8 Å². The zero-order valence-electron chi connectivity index (χ0n) is 43.0. The van der Waals surface area contributed by atoms with Gasteiger partial charge in [0.05, 0.1) is 5.56 Å². The molecule has 2 unspecified atom stereocenters. The van der Waals surface area contributed by atoms with Crippen LogP contribution in [-0.2, 0) is 51.2 Å². The van der Waals surface area contributed by atoms with Gasteiger partial charge >= 0.3 is 35.9 Å². The lowest BCUT2D eigenvalue weighted by Gasteiger charge is -2.25. The number of phenolic OH excluding ortho intramolecular Hbond substituents is 1. The minimum absolute atomic E-state index is 0.0369. The number of benzene rings is 5. The highest BCUT2D eigenvalue weighted by Gasteiger charge is 2.34. The van der Waals surface area contributed by atoms with Crippen molar-refractivity contribution < 1.29 is 83.0 Å². The van der Waals surface area contributed by atoms with E-state index in [2.05, 4.69) is 31.9 Å². The number of carboxylic acids is 5. The van der Waals surface area contributed by atoms with Crippen molar-refractivity contribution in [2.24, 2.45) is 0 Å². The molecule has 6 rings (SSSR count). The molecule has 82 heavy (non-hydrogen) atoms. The Kier molecular flexibility index (Phi) is 21.1. The van der Waals surface area contributed by atoms with E-state index in [0.717, 1.165) is 0 Å². The van der Waals surface area contributed by atoms with E-state index in [-0.39, 0.29) is 63.8 Å². The number of aromatic carboxylic acids is 1. The van der Waals surface area contributed by atoms with E-state index in [1.165, 1.54) is 48.5 Å². The summed E-state index contributed by atoms with van der Waals surface area (Å²) in [6.07, 6.45) is -2.36. The van der Waals surface area contributed by atoms with Crippen molar-refractivity contribution in [3.05, 3.63) is 142 Å². The molecule has 6 amide bonds. The monoisotopic (exact) mass is 1150 g/mol. The lowest BCUT2D eigenvalue weighted by Crippen LogP contribution is -2.59. The summed E-state index contributed by atoms with van der Waals surface area (Å²) < 4.78 is 5.92. The highest BCUT2D eigenvalue weighted by Crippen LogP contribution is 2.42. The number of carbonyl (C=O) groups excluding carboxylic acids is 5. The Balaban J connectivity index is 1.12. The summed E-state index contributed by atoms with van der Waals surface area (Å²) in [6.45, 7) is -0.732. The molecule has 0 radical (unpaired) electrons. The van der Waals surface area contributed by atoms with Gasteiger partial charge in [0.25, 0.3) is 5.91 Å². The van der Waals surface area contributed by atoms with Crippen molar-refractivity contribution >= 4 is 93.5 Å². The van der Waals surface area contributed by atoms with Crippen LogP contribution in [-0.4, -0.2) is 139 Å². The highest BCUT2D eigenvalue weighted by molar-refractivity contribution is 7.80. The van der Waals surface area contributed by atoms with E-state index in [1.54, 1.807) is 66.7 Å². The fourth-order valence-corrected chi connectivity index (χ4v) is 8.62. The van der Waals surface area contributed by atoms with E-state index < -0.39 is 122 Å². The number of aromatic hydroxyl groups is 1. The fraction of sp³-hybridized carbons (Fsp3) is 0.236. The van der Waals surface area contributed by atoms with Crippen LogP contribution in [0.25, 0.3) is 33.4 Å². The Labute approximate surface area is 469 Å². The molecular weight excluding hydrogens is 1090 g/mol. The molecule has 5 atom stereocenters. The maximum Gasteiger partial charge on any atom is 0.336 e. The Morgan fingerprint density at radius 2 is 1.12 bits per heavy atom. The minimum Gasteiger partial charge on any atom is -0.508 e. The van der Waals surface area contributed by atoms with Gasteiger partial charge in [-0.1, -0.05) is 66.7 Å². The fourth-order valence-electron chi connectivity index (χ4n) is 8.36. The van der Waals surface area contributed by atoms with Crippen molar-refractivity contribution in [1.29, 1.82) is 0 Å². The number of phenols is 1. The van der Waals surface area contributed by atoms with Gasteiger partial charge in [0.1, 0.15) is 41.3 Å². The number of carboxylic acid groups (broad SMARTS) is 5. The van der Waals surface area contributed by atoms with Crippen molar-refractivity contribution in [2.45, 2.75) is 68.7 Å². The quantitative estimate of drug-likeness (QED) is 0.0152. The Bertz CT molecular complexity index is 3430. The lowest BCUT2D eigenvalue weighted by molar-refractivity contribution is -0.147. The first-order valence-electron chi connectivity index (χ1n) is 24.9. The molecule has 27 heteroatoms. The Morgan fingerprint density at radius 1 is 0.549 bits per heavy atom. The number of rotatable bonds is 27. The van der Waals surface area contributed by atoms with Crippen LogP contribution in [0.1, 0.15) is 47.2 Å². The predicted molar refractivity (Wildman–Crippen MR) is 295 cm³/mol. The molecule has 0 bridgehead atoms. The van der Waals surface area contributed by atoms with Gasteiger partial charge in [0, 0.05) is 73.1 Å². The lowest BCUT2D eigenvalue weighted by atomic mass is 9.90. The molecular formula is C55H54N8O18S. The van der Waals surface area contributed by atoms with Crippen LogP contribution in [0.4, 0.5) is 10.5 Å². The molecule has 1 heterocycles. The summed E-state index contributed by atoms with van der Waals surface area (Å²) >= 11 is 5.66. The number of hydrogen-bond donors (Lipinski definition) is 14.